The number of hydrogen-bond donors (Lipinski definition) is 0. The van der Waals surface area contributed by atoms with Gasteiger partial charge in [0.05, 0.1) is 0 Å². The number of aromatic nitrogens is 1. The monoisotopic (exact) mass is 253 g/mol. The third-order valence-electron chi connectivity index (χ3n) is 2.98. The quantitative estimate of drug-likeness (QED) is 0.608. The Balaban J connectivity index is 2.57. The second-order valence-electron chi connectivity index (χ2n) is 4.58. The highest BCUT2D eigenvalue weighted by Gasteiger charge is 2.12. The third-order valence-corrected chi connectivity index (χ3v) is 2.98. The molecule has 1 amide bonds. The van der Waals surface area contributed by atoms with E-state index >= 15 is 0 Å². The van der Waals surface area contributed by atoms with E-state index in [-0.39, 0.29) is 11.5 Å². The van der Waals surface area contributed by atoms with Crippen LogP contribution in [0.25, 0.3) is 17.0 Å². The molecule has 0 aliphatic heterocycles. The molecule has 96 valence electrons. The summed E-state index contributed by atoms with van der Waals surface area (Å²) in [6.07, 6.45) is 3.57. The number of para-hydroxylation sites is 1. The standard InChI is InChI=1S/C15H15N3O/c1-17(2)15(19)11(9-16)8-12-10-18(3)14-7-5-4-6-13(12)14/h4-8,10H,1-3H3/b11-8-. The first-order valence-corrected chi connectivity index (χ1v) is 5.92. The molecular formula is C15H15N3O. The van der Waals surface area contributed by atoms with Gasteiger partial charge in [-0.2, -0.15) is 5.26 Å². The molecule has 1 heterocycles. The van der Waals surface area contributed by atoms with Crippen LogP contribution in [-0.2, 0) is 11.8 Å². The van der Waals surface area contributed by atoms with E-state index in [4.69, 9.17) is 5.26 Å². The Morgan fingerprint density at radius 3 is 2.68 bits per heavy atom. The molecule has 0 fully saturated rings. The minimum absolute atomic E-state index is 0.140. The van der Waals surface area contributed by atoms with E-state index in [0.717, 1.165) is 16.5 Å². The van der Waals surface area contributed by atoms with Crippen molar-refractivity contribution >= 4 is 22.9 Å². The number of rotatable bonds is 2. The highest BCUT2D eigenvalue weighted by molar-refractivity contribution is 6.03. The lowest BCUT2D eigenvalue weighted by Crippen LogP contribution is -2.22. The van der Waals surface area contributed by atoms with Crippen molar-refractivity contribution < 1.29 is 4.79 Å². The number of benzene rings is 1. The van der Waals surface area contributed by atoms with Crippen LogP contribution in [0.4, 0.5) is 0 Å². The van der Waals surface area contributed by atoms with Gasteiger partial charge in [0, 0.05) is 43.8 Å². The maximum Gasteiger partial charge on any atom is 0.264 e. The Morgan fingerprint density at radius 1 is 1.37 bits per heavy atom. The molecule has 0 aliphatic carbocycles. The maximum atomic E-state index is 11.8. The van der Waals surface area contributed by atoms with Gasteiger partial charge in [0.15, 0.2) is 0 Å². The van der Waals surface area contributed by atoms with Gasteiger partial charge >= 0.3 is 0 Å². The van der Waals surface area contributed by atoms with Crippen LogP contribution >= 0.6 is 0 Å². The minimum atomic E-state index is -0.282. The molecule has 2 rings (SSSR count). The summed E-state index contributed by atoms with van der Waals surface area (Å²) in [6, 6.07) is 9.86. The smallest absolute Gasteiger partial charge is 0.264 e. The first kappa shape index (κ1) is 12.9. The summed E-state index contributed by atoms with van der Waals surface area (Å²) in [6.45, 7) is 0. The average molecular weight is 253 g/mol. The first-order valence-electron chi connectivity index (χ1n) is 5.92. The molecular weight excluding hydrogens is 238 g/mol. The number of carbonyl (C=O) groups excluding carboxylic acids is 1. The fourth-order valence-electron chi connectivity index (χ4n) is 2.03. The summed E-state index contributed by atoms with van der Waals surface area (Å²) < 4.78 is 1.98. The van der Waals surface area contributed by atoms with Crippen molar-refractivity contribution in [2.24, 2.45) is 7.05 Å². The molecule has 0 unspecified atom stereocenters. The van der Waals surface area contributed by atoms with Crippen molar-refractivity contribution in [1.82, 2.24) is 9.47 Å². The van der Waals surface area contributed by atoms with E-state index < -0.39 is 0 Å². The van der Waals surface area contributed by atoms with Crippen molar-refractivity contribution in [3.63, 3.8) is 0 Å². The highest BCUT2D eigenvalue weighted by Crippen LogP contribution is 2.22. The molecule has 0 N–H and O–H groups in total. The van der Waals surface area contributed by atoms with Crippen LogP contribution in [0.3, 0.4) is 0 Å². The number of fused-ring (bicyclic) bond motifs is 1. The van der Waals surface area contributed by atoms with Crippen molar-refractivity contribution in [3.8, 4) is 6.07 Å². The lowest BCUT2D eigenvalue weighted by molar-refractivity contribution is -0.124. The SMILES string of the molecule is CN(C)C(=O)/C(C#N)=C\c1cn(C)c2ccccc12. The van der Waals surface area contributed by atoms with Crippen molar-refractivity contribution in [1.29, 1.82) is 5.26 Å². The number of likely N-dealkylation sites (N-methyl/N-ethyl adjacent to an activating group) is 1. The van der Waals surface area contributed by atoms with Gasteiger partial charge in [0.25, 0.3) is 5.91 Å². The number of hydrogen-bond acceptors (Lipinski definition) is 2. The van der Waals surface area contributed by atoms with Gasteiger partial charge in [0.1, 0.15) is 11.6 Å². The summed E-state index contributed by atoms with van der Waals surface area (Å²) in [5.41, 5.74) is 2.09. The van der Waals surface area contributed by atoms with Crippen LogP contribution in [0, 0.1) is 11.3 Å². The third kappa shape index (κ3) is 2.36. The van der Waals surface area contributed by atoms with E-state index in [2.05, 4.69) is 0 Å². The van der Waals surface area contributed by atoms with Gasteiger partial charge in [-0.3, -0.25) is 4.79 Å². The zero-order valence-electron chi connectivity index (χ0n) is 11.2. The van der Waals surface area contributed by atoms with Crippen LogP contribution in [0.2, 0.25) is 0 Å². The minimum Gasteiger partial charge on any atom is -0.350 e. The van der Waals surface area contributed by atoms with E-state index in [1.54, 1.807) is 20.2 Å². The van der Waals surface area contributed by atoms with Gasteiger partial charge in [-0.25, -0.2) is 0 Å². The van der Waals surface area contributed by atoms with Gasteiger partial charge < -0.3 is 9.47 Å². The molecule has 0 atom stereocenters. The molecule has 19 heavy (non-hydrogen) atoms. The molecule has 2 aromatic rings. The summed E-state index contributed by atoms with van der Waals surface area (Å²) in [5.74, 6) is -0.282. The van der Waals surface area contributed by atoms with Crippen LogP contribution in [0.15, 0.2) is 36.0 Å². The lowest BCUT2D eigenvalue weighted by Gasteiger charge is -2.08. The topological polar surface area (TPSA) is 49.0 Å². The molecule has 0 saturated carbocycles. The zero-order chi connectivity index (χ0) is 14.0. The molecule has 0 saturated heterocycles. The molecule has 1 aromatic heterocycles. The van der Waals surface area contributed by atoms with E-state index in [1.807, 2.05) is 48.1 Å². The molecule has 1 aromatic carbocycles. The molecule has 0 bridgehead atoms. The molecule has 0 aliphatic rings. The molecule has 4 heteroatoms. The summed E-state index contributed by atoms with van der Waals surface area (Å²) in [4.78, 5) is 13.3. The van der Waals surface area contributed by atoms with Crippen molar-refractivity contribution in [2.75, 3.05) is 14.1 Å². The van der Waals surface area contributed by atoms with Crippen molar-refractivity contribution in [3.05, 3.63) is 41.6 Å². The predicted octanol–water partition coefficient (Wildman–Crippen LogP) is 2.17. The average Bonchev–Trinajstić information content (AvgIpc) is 2.72. The second-order valence-corrected chi connectivity index (χ2v) is 4.58. The number of amides is 1. The number of carbonyl (C=O) groups is 1. The zero-order valence-corrected chi connectivity index (χ0v) is 11.2. The van der Waals surface area contributed by atoms with E-state index in [9.17, 15) is 4.79 Å². The Hall–Kier alpha value is -2.54. The second kappa shape index (κ2) is 4.99. The van der Waals surface area contributed by atoms with Gasteiger partial charge in [-0.05, 0) is 12.1 Å². The fraction of sp³-hybridized carbons (Fsp3) is 0.200. The van der Waals surface area contributed by atoms with E-state index in [0.29, 0.717) is 0 Å². The molecule has 4 nitrogen and oxygen atoms in total. The van der Waals surface area contributed by atoms with Crippen LogP contribution in [0.5, 0.6) is 0 Å². The largest absolute Gasteiger partial charge is 0.350 e. The van der Waals surface area contributed by atoms with Gasteiger partial charge in [-0.15, -0.1) is 0 Å². The molecule has 0 spiro atoms. The molecule has 0 radical (unpaired) electrons. The van der Waals surface area contributed by atoms with Crippen molar-refractivity contribution in [2.45, 2.75) is 0 Å². The lowest BCUT2D eigenvalue weighted by atomic mass is 10.1. The maximum absolute atomic E-state index is 11.8. The Morgan fingerprint density at radius 2 is 2.05 bits per heavy atom. The van der Waals surface area contributed by atoms with Crippen LogP contribution in [0.1, 0.15) is 5.56 Å². The van der Waals surface area contributed by atoms with Crippen LogP contribution < -0.4 is 0 Å². The Bertz CT molecular complexity index is 702. The normalized spacial score (nSPS) is 11.4. The van der Waals surface area contributed by atoms with Crippen LogP contribution in [-0.4, -0.2) is 29.5 Å². The number of nitrogens with zero attached hydrogens (tertiary/aromatic N) is 3. The van der Waals surface area contributed by atoms with Gasteiger partial charge in [0.2, 0.25) is 0 Å². The fourth-order valence-corrected chi connectivity index (χ4v) is 2.03. The Kier molecular flexibility index (Phi) is 3.39. The van der Waals surface area contributed by atoms with Gasteiger partial charge in [-0.1, -0.05) is 18.2 Å². The summed E-state index contributed by atoms with van der Waals surface area (Å²) in [7, 11) is 5.21. The predicted molar refractivity (Wildman–Crippen MR) is 75.2 cm³/mol. The Labute approximate surface area is 112 Å². The highest BCUT2D eigenvalue weighted by atomic mass is 16.2. The first-order chi connectivity index (χ1) is 9.04. The number of nitriles is 1. The summed E-state index contributed by atoms with van der Waals surface area (Å²) in [5, 5.41) is 10.1. The number of aryl methyl sites for hydroxylation is 1. The van der Waals surface area contributed by atoms with E-state index in [1.165, 1.54) is 4.90 Å². The summed E-state index contributed by atoms with van der Waals surface area (Å²) >= 11 is 0.